The Bertz CT molecular complexity index is 959. The fourth-order valence-electron chi connectivity index (χ4n) is 3.33. The average Bonchev–Trinajstić information content (AvgIpc) is 2.91. The summed E-state index contributed by atoms with van der Waals surface area (Å²) in [4.78, 5) is 6.87. The number of nitrogens with one attached hydrogen (secondary N) is 1. The number of para-hydroxylation sites is 1. The smallest absolute Gasteiger partial charge is 0.247 e. The molecule has 28 heavy (non-hydrogen) atoms. The molecule has 2 aromatic carbocycles. The summed E-state index contributed by atoms with van der Waals surface area (Å²) < 4.78 is 6.27. The number of fused-ring (bicyclic) bond motifs is 3. The highest BCUT2D eigenvalue weighted by molar-refractivity contribution is 7.98. The molecule has 0 aliphatic carbocycles. The summed E-state index contributed by atoms with van der Waals surface area (Å²) in [6, 6.07) is 16.5. The lowest BCUT2D eigenvalue weighted by Crippen LogP contribution is -2.22. The van der Waals surface area contributed by atoms with E-state index in [1.54, 1.807) is 0 Å². The summed E-state index contributed by atoms with van der Waals surface area (Å²) >= 11 is 1.45. The Morgan fingerprint density at radius 1 is 1.04 bits per heavy atom. The van der Waals surface area contributed by atoms with Crippen LogP contribution in [0.25, 0.3) is 11.3 Å². The molecule has 0 saturated heterocycles. The number of hydrogen-bond donors (Lipinski definition) is 1. The molecule has 3 aromatic rings. The van der Waals surface area contributed by atoms with E-state index in [0.717, 1.165) is 29.9 Å². The second-order valence-corrected chi connectivity index (χ2v) is 7.18. The van der Waals surface area contributed by atoms with Crippen LogP contribution in [-0.2, 0) is 0 Å². The van der Waals surface area contributed by atoms with E-state index >= 15 is 0 Å². The van der Waals surface area contributed by atoms with E-state index in [4.69, 9.17) is 4.74 Å². The van der Waals surface area contributed by atoms with Gasteiger partial charge in [-0.1, -0.05) is 42.1 Å². The minimum absolute atomic E-state index is 0.362. The normalized spacial score (nSPS) is 14.9. The van der Waals surface area contributed by atoms with Crippen molar-refractivity contribution in [1.82, 2.24) is 15.2 Å². The Hall–Kier alpha value is -2.80. The van der Waals surface area contributed by atoms with Crippen LogP contribution in [0, 0.1) is 0 Å². The Labute approximate surface area is 169 Å². The minimum atomic E-state index is -0.362. The van der Waals surface area contributed by atoms with Crippen molar-refractivity contribution in [3.63, 3.8) is 0 Å². The van der Waals surface area contributed by atoms with Crippen LogP contribution >= 0.6 is 11.8 Å². The number of hydrogen-bond acceptors (Lipinski definition) is 7. The molecule has 0 amide bonds. The molecule has 1 atom stereocenters. The number of ether oxygens (including phenoxy) is 1. The lowest BCUT2D eigenvalue weighted by atomic mass is 10.1. The fraction of sp³-hybridized carbons (Fsp3) is 0.286. The third-order valence-electron chi connectivity index (χ3n) is 4.84. The number of anilines is 2. The largest absolute Gasteiger partial charge is 0.448 e. The maximum Gasteiger partial charge on any atom is 0.247 e. The second-order valence-electron chi connectivity index (χ2n) is 6.40. The Morgan fingerprint density at radius 2 is 1.79 bits per heavy atom. The minimum Gasteiger partial charge on any atom is -0.448 e. The van der Waals surface area contributed by atoms with Crippen molar-refractivity contribution in [3.8, 4) is 17.1 Å². The van der Waals surface area contributed by atoms with Gasteiger partial charge >= 0.3 is 0 Å². The quantitative estimate of drug-likeness (QED) is 0.635. The lowest BCUT2D eigenvalue weighted by Gasteiger charge is -2.23. The highest BCUT2D eigenvalue weighted by Crippen LogP contribution is 2.39. The van der Waals surface area contributed by atoms with Gasteiger partial charge in [0.1, 0.15) is 0 Å². The fourth-order valence-corrected chi connectivity index (χ4v) is 3.63. The molecule has 1 aliphatic rings. The molecular formula is C21H23N5OS. The SMILES string of the molecule is CCN(CC)c1ccc(C2Nc3ccccc3-c3nnc(SC)nc3O2)cc1. The first kappa shape index (κ1) is 18.6. The molecule has 1 aromatic heterocycles. The van der Waals surface area contributed by atoms with Crippen molar-refractivity contribution in [2.45, 2.75) is 25.2 Å². The van der Waals surface area contributed by atoms with E-state index in [9.17, 15) is 0 Å². The zero-order valence-electron chi connectivity index (χ0n) is 16.2. The van der Waals surface area contributed by atoms with Crippen LogP contribution in [-0.4, -0.2) is 34.5 Å². The molecule has 2 heterocycles. The van der Waals surface area contributed by atoms with Crippen LogP contribution in [0.3, 0.4) is 0 Å². The predicted octanol–water partition coefficient (Wildman–Crippen LogP) is 4.61. The van der Waals surface area contributed by atoms with E-state index in [-0.39, 0.29) is 6.23 Å². The van der Waals surface area contributed by atoms with E-state index in [1.807, 2.05) is 30.5 Å². The lowest BCUT2D eigenvalue weighted by molar-refractivity contribution is 0.225. The van der Waals surface area contributed by atoms with Gasteiger partial charge in [0, 0.05) is 35.6 Å². The first-order chi connectivity index (χ1) is 13.7. The van der Waals surface area contributed by atoms with Gasteiger partial charge in [-0.15, -0.1) is 10.2 Å². The van der Waals surface area contributed by atoms with Gasteiger partial charge in [0.25, 0.3) is 0 Å². The Kier molecular flexibility index (Phi) is 5.34. The molecule has 1 unspecified atom stereocenters. The average molecular weight is 394 g/mol. The standard InChI is InChI=1S/C21H23N5OS/c1-4-26(5-2)15-12-10-14(11-13-15)19-22-17-9-7-6-8-16(17)18-20(27-19)23-21(28-3)25-24-18/h6-13,19,22H,4-5H2,1-3H3. The zero-order chi connectivity index (χ0) is 19.5. The predicted molar refractivity (Wildman–Crippen MR) is 114 cm³/mol. The molecule has 0 radical (unpaired) electrons. The first-order valence-corrected chi connectivity index (χ1v) is 10.6. The van der Waals surface area contributed by atoms with Gasteiger partial charge in [0.05, 0.1) is 0 Å². The molecule has 144 valence electrons. The molecule has 1 N–H and O–H groups in total. The highest BCUT2D eigenvalue weighted by atomic mass is 32.2. The van der Waals surface area contributed by atoms with Crippen molar-refractivity contribution in [2.24, 2.45) is 0 Å². The van der Waals surface area contributed by atoms with Crippen LogP contribution < -0.4 is 15.0 Å². The maximum absolute atomic E-state index is 6.27. The van der Waals surface area contributed by atoms with Gasteiger partial charge in [0.15, 0.2) is 11.9 Å². The van der Waals surface area contributed by atoms with E-state index < -0.39 is 0 Å². The number of nitrogens with zero attached hydrogens (tertiary/aromatic N) is 4. The van der Waals surface area contributed by atoms with Gasteiger partial charge in [-0.05, 0) is 38.3 Å². The van der Waals surface area contributed by atoms with E-state index in [0.29, 0.717) is 16.7 Å². The monoisotopic (exact) mass is 393 g/mol. The number of thioether (sulfide) groups is 1. The van der Waals surface area contributed by atoms with Gasteiger partial charge in [0.2, 0.25) is 11.0 Å². The van der Waals surface area contributed by atoms with Crippen LogP contribution in [0.15, 0.2) is 53.7 Å². The molecule has 0 saturated carbocycles. The van der Waals surface area contributed by atoms with Gasteiger partial charge in [-0.3, -0.25) is 0 Å². The van der Waals surface area contributed by atoms with Crippen LogP contribution in [0.4, 0.5) is 11.4 Å². The second kappa shape index (κ2) is 8.06. The number of rotatable bonds is 5. The molecule has 0 bridgehead atoms. The zero-order valence-corrected chi connectivity index (χ0v) is 17.0. The molecule has 6 nitrogen and oxygen atoms in total. The molecule has 1 aliphatic heterocycles. The van der Waals surface area contributed by atoms with Crippen molar-refractivity contribution < 1.29 is 4.74 Å². The molecule has 0 spiro atoms. The maximum atomic E-state index is 6.27. The van der Waals surface area contributed by atoms with Crippen LogP contribution in [0.1, 0.15) is 25.6 Å². The van der Waals surface area contributed by atoms with Gasteiger partial charge in [-0.25, -0.2) is 0 Å². The van der Waals surface area contributed by atoms with Crippen molar-refractivity contribution in [2.75, 3.05) is 29.6 Å². The molecule has 0 fully saturated rings. The van der Waals surface area contributed by atoms with Crippen molar-refractivity contribution >= 4 is 23.1 Å². The summed E-state index contributed by atoms with van der Waals surface area (Å²) in [5.74, 6) is 0.495. The Morgan fingerprint density at radius 3 is 2.50 bits per heavy atom. The van der Waals surface area contributed by atoms with E-state index in [1.165, 1.54) is 17.4 Å². The van der Waals surface area contributed by atoms with E-state index in [2.05, 4.69) is 63.5 Å². The highest BCUT2D eigenvalue weighted by Gasteiger charge is 2.25. The van der Waals surface area contributed by atoms with Gasteiger partial charge in [-0.2, -0.15) is 4.98 Å². The van der Waals surface area contributed by atoms with Crippen LogP contribution in [0.5, 0.6) is 5.88 Å². The summed E-state index contributed by atoms with van der Waals surface area (Å²) in [6.45, 7) is 6.29. The molecular weight excluding hydrogens is 370 g/mol. The number of aromatic nitrogens is 3. The summed E-state index contributed by atoms with van der Waals surface area (Å²) in [7, 11) is 0. The third-order valence-corrected chi connectivity index (χ3v) is 5.38. The van der Waals surface area contributed by atoms with Crippen molar-refractivity contribution in [3.05, 3.63) is 54.1 Å². The number of benzene rings is 2. The summed E-state index contributed by atoms with van der Waals surface area (Å²) in [5, 5.41) is 12.6. The van der Waals surface area contributed by atoms with Crippen molar-refractivity contribution in [1.29, 1.82) is 0 Å². The topological polar surface area (TPSA) is 63.2 Å². The molecule has 4 rings (SSSR count). The van der Waals surface area contributed by atoms with Crippen LogP contribution in [0.2, 0.25) is 0 Å². The first-order valence-electron chi connectivity index (χ1n) is 9.39. The summed E-state index contributed by atoms with van der Waals surface area (Å²) in [5.41, 5.74) is 4.78. The Balaban J connectivity index is 1.73. The third kappa shape index (κ3) is 3.49. The van der Waals surface area contributed by atoms with Gasteiger partial charge < -0.3 is 15.0 Å². The molecule has 7 heteroatoms. The summed E-state index contributed by atoms with van der Waals surface area (Å²) in [6.07, 6.45) is 1.56.